The monoisotopic (exact) mass is 323 g/mol. The molecule has 1 saturated carbocycles. The quantitative estimate of drug-likeness (QED) is 0.656. The maximum Gasteiger partial charge on any atom is 0.253 e. The molecule has 1 aliphatic heterocycles. The molecule has 0 radical (unpaired) electrons. The maximum absolute atomic E-state index is 14.4. The first-order valence-corrected chi connectivity index (χ1v) is 8.54. The zero-order valence-corrected chi connectivity index (χ0v) is 14.1. The molecule has 1 aliphatic carbocycles. The molecule has 2 rings (SSSR count). The Morgan fingerprint density at radius 3 is 2.05 bits per heavy atom. The Labute approximate surface area is 131 Å². The van der Waals surface area contributed by atoms with E-state index in [1.807, 2.05) is 32.6 Å². The van der Waals surface area contributed by atoms with Crippen molar-refractivity contribution in [3.63, 3.8) is 0 Å². The fourth-order valence-electron chi connectivity index (χ4n) is 4.09. The van der Waals surface area contributed by atoms with Gasteiger partial charge in [-0.3, -0.25) is 0 Å². The van der Waals surface area contributed by atoms with E-state index in [-0.39, 0.29) is 43.7 Å². The summed E-state index contributed by atoms with van der Waals surface area (Å²) in [6.07, 6.45) is 0.147. The van der Waals surface area contributed by atoms with Gasteiger partial charge in [0.1, 0.15) is 0 Å². The molecular formula is C17H29F4N. The highest BCUT2D eigenvalue weighted by molar-refractivity contribution is 4.98. The number of hydrogen-bond donors (Lipinski definition) is 0. The summed E-state index contributed by atoms with van der Waals surface area (Å²) in [4.78, 5) is 1.93. The molecule has 0 N–H and O–H groups in total. The molecular weight excluding hydrogens is 294 g/mol. The van der Waals surface area contributed by atoms with Crippen LogP contribution in [0.25, 0.3) is 0 Å². The highest BCUT2D eigenvalue weighted by Gasteiger charge is 2.57. The van der Waals surface area contributed by atoms with E-state index in [1.165, 1.54) is 0 Å². The van der Waals surface area contributed by atoms with Gasteiger partial charge in [-0.15, -0.1) is 0 Å². The number of nitrogens with zero attached hydrogens (tertiary/aromatic N) is 1. The highest BCUT2D eigenvalue weighted by Crippen LogP contribution is 2.52. The first-order chi connectivity index (χ1) is 10.0. The van der Waals surface area contributed by atoms with E-state index < -0.39 is 23.7 Å². The number of alkyl halides is 4. The van der Waals surface area contributed by atoms with Gasteiger partial charge in [0.15, 0.2) is 0 Å². The molecule has 22 heavy (non-hydrogen) atoms. The standard InChI is InChI=1S/C17H29F4N/c1-11(2)13-5-6-16(18,19)14(9-13)15-10-22(12(3)4)8-7-17(15,20)21/h11-15H,5-10H2,1-4H3. The summed E-state index contributed by atoms with van der Waals surface area (Å²) < 4.78 is 57.6. The molecule has 3 unspecified atom stereocenters. The van der Waals surface area contributed by atoms with Crippen molar-refractivity contribution in [1.82, 2.24) is 4.90 Å². The van der Waals surface area contributed by atoms with Crippen LogP contribution in [0.5, 0.6) is 0 Å². The lowest BCUT2D eigenvalue weighted by molar-refractivity contribution is -0.198. The lowest BCUT2D eigenvalue weighted by Crippen LogP contribution is -2.56. The van der Waals surface area contributed by atoms with Gasteiger partial charge in [-0.1, -0.05) is 13.8 Å². The SMILES string of the molecule is CC(C)C1CCC(F)(F)C(C2CN(C(C)C)CCC2(F)F)C1. The molecule has 0 spiro atoms. The van der Waals surface area contributed by atoms with Crippen LogP contribution in [0.2, 0.25) is 0 Å². The van der Waals surface area contributed by atoms with E-state index in [0.717, 1.165) is 0 Å². The summed E-state index contributed by atoms with van der Waals surface area (Å²) >= 11 is 0. The average molecular weight is 323 g/mol. The third-order valence-electron chi connectivity index (χ3n) is 5.81. The molecule has 3 atom stereocenters. The first kappa shape index (κ1) is 18.0. The van der Waals surface area contributed by atoms with E-state index in [4.69, 9.17) is 0 Å². The van der Waals surface area contributed by atoms with E-state index in [9.17, 15) is 17.6 Å². The second kappa shape index (κ2) is 6.29. The van der Waals surface area contributed by atoms with Gasteiger partial charge in [0, 0.05) is 43.8 Å². The second-order valence-corrected chi connectivity index (χ2v) is 7.85. The molecule has 0 aromatic rings. The minimum Gasteiger partial charge on any atom is -0.300 e. The van der Waals surface area contributed by atoms with Crippen LogP contribution in [-0.4, -0.2) is 35.9 Å². The highest BCUT2D eigenvalue weighted by atomic mass is 19.3. The molecule has 2 fully saturated rings. The largest absolute Gasteiger partial charge is 0.300 e. The smallest absolute Gasteiger partial charge is 0.253 e. The minimum atomic E-state index is -2.97. The molecule has 1 heterocycles. The van der Waals surface area contributed by atoms with Crippen molar-refractivity contribution >= 4 is 0 Å². The van der Waals surface area contributed by atoms with Crippen LogP contribution in [0.4, 0.5) is 17.6 Å². The summed E-state index contributed by atoms with van der Waals surface area (Å²) in [5.41, 5.74) is 0. The van der Waals surface area contributed by atoms with Gasteiger partial charge in [0.05, 0.1) is 0 Å². The Morgan fingerprint density at radius 1 is 0.909 bits per heavy atom. The predicted octanol–water partition coefficient (Wildman–Crippen LogP) is 5.06. The van der Waals surface area contributed by atoms with Crippen molar-refractivity contribution in [2.75, 3.05) is 13.1 Å². The summed E-state index contributed by atoms with van der Waals surface area (Å²) in [6, 6.07) is 0.122. The van der Waals surface area contributed by atoms with Crippen molar-refractivity contribution in [1.29, 1.82) is 0 Å². The maximum atomic E-state index is 14.4. The van der Waals surface area contributed by atoms with Crippen LogP contribution < -0.4 is 0 Å². The van der Waals surface area contributed by atoms with Crippen LogP contribution in [-0.2, 0) is 0 Å². The van der Waals surface area contributed by atoms with Gasteiger partial charge < -0.3 is 4.90 Å². The third-order valence-corrected chi connectivity index (χ3v) is 5.81. The molecule has 5 heteroatoms. The molecule has 2 aliphatic rings. The molecule has 1 nitrogen and oxygen atoms in total. The van der Waals surface area contributed by atoms with Crippen LogP contribution >= 0.6 is 0 Å². The normalized spacial score (nSPS) is 36.0. The average Bonchev–Trinajstić information content (AvgIpc) is 2.38. The van der Waals surface area contributed by atoms with Crippen molar-refractivity contribution in [2.24, 2.45) is 23.7 Å². The third kappa shape index (κ3) is 3.60. The number of hydrogen-bond acceptors (Lipinski definition) is 1. The van der Waals surface area contributed by atoms with Crippen LogP contribution in [0, 0.1) is 23.7 Å². The van der Waals surface area contributed by atoms with Gasteiger partial charge >= 0.3 is 0 Å². The van der Waals surface area contributed by atoms with E-state index in [1.54, 1.807) is 0 Å². The van der Waals surface area contributed by atoms with Gasteiger partial charge in [-0.25, -0.2) is 17.6 Å². The van der Waals surface area contributed by atoms with E-state index in [0.29, 0.717) is 13.0 Å². The van der Waals surface area contributed by atoms with E-state index >= 15 is 0 Å². The van der Waals surface area contributed by atoms with Gasteiger partial charge in [0.2, 0.25) is 0 Å². The van der Waals surface area contributed by atoms with Crippen molar-refractivity contribution < 1.29 is 17.6 Å². The zero-order valence-electron chi connectivity index (χ0n) is 14.1. The summed E-state index contributed by atoms with van der Waals surface area (Å²) in [7, 11) is 0. The van der Waals surface area contributed by atoms with Crippen LogP contribution in [0.15, 0.2) is 0 Å². The number of likely N-dealkylation sites (tertiary alicyclic amines) is 1. The topological polar surface area (TPSA) is 3.24 Å². The number of piperidine rings is 1. The predicted molar refractivity (Wildman–Crippen MR) is 80.4 cm³/mol. The Hall–Kier alpha value is -0.320. The fraction of sp³-hybridized carbons (Fsp3) is 1.00. The zero-order chi connectivity index (χ0) is 16.7. The van der Waals surface area contributed by atoms with Gasteiger partial charge in [0.25, 0.3) is 11.8 Å². The number of rotatable bonds is 3. The van der Waals surface area contributed by atoms with Crippen molar-refractivity contribution in [3.05, 3.63) is 0 Å². The fourth-order valence-corrected chi connectivity index (χ4v) is 4.09. The van der Waals surface area contributed by atoms with Crippen molar-refractivity contribution in [3.8, 4) is 0 Å². The van der Waals surface area contributed by atoms with Gasteiger partial charge in [-0.05, 0) is 38.5 Å². The molecule has 0 aromatic carbocycles. The lowest BCUT2D eigenvalue weighted by Gasteiger charge is -2.48. The Balaban J connectivity index is 2.23. The molecule has 0 amide bonds. The molecule has 130 valence electrons. The second-order valence-electron chi connectivity index (χ2n) is 7.85. The Morgan fingerprint density at radius 2 is 1.50 bits per heavy atom. The number of halogens is 4. The Bertz CT molecular complexity index is 345. The summed E-state index contributed by atoms with van der Waals surface area (Å²) in [5.74, 6) is -7.94. The van der Waals surface area contributed by atoms with Crippen LogP contribution in [0.3, 0.4) is 0 Å². The van der Waals surface area contributed by atoms with Gasteiger partial charge in [-0.2, -0.15) is 0 Å². The summed E-state index contributed by atoms with van der Waals surface area (Å²) in [5, 5.41) is 0. The molecule has 0 aromatic heterocycles. The lowest BCUT2D eigenvalue weighted by atomic mass is 9.67. The first-order valence-electron chi connectivity index (χ1n) is 8.54. The van der Waals surface area contributed by atoms with Crippen molar-refractivity contribution in [2.45, 2.75) is 71.3 Å². The van der Waals surface area contributed by atoms with Crippen LogP contribution in [0.1, 0.15) is 53.4 Å². The van der Waals surface area contributed by atoms with E-state index in [2.05, 4.69) is 0 Å². The minimum absolute atomic E-state index is 0.0930. The molecule has 1 saturated heterocycles. The Kier molecular flexibility index (Phi) is 5.15. The molecule has 0 bridgehead atoms. The summed E-state index contributed by atoms with van der Waals surface area (Å²) in [6.45, 7) is 8.28.